The first-order valence-electron chi connectivity index (χ1n) is 7.36. The predicted molar refractivity (Wildman–Crippen MR) is 75.5 cm³/mol. The minimum atomic E-state index is -0.787. The SMILES string of the molecule is CCC(CCCn1nc(C)nc1C)(NC1CC1)C(=O)O. The van der Waals surface area contributed by atoms with Gasteiger partial charge in [0.15, 0.2) is 0 Å². The van der Waals surface area contributed by atoms with E-state index >= 15 is 0 Å². The van der Waals surface area contributed by atoms with Crippen LogP contribution in [0.4, 0.5) is 0 Å². The zero-order valence-corrected chi connectivity index (χ0v) is 12.5. The second-order valence-corrected chi connectivity index (χ2v) is 5.69. The number of nitrogens with one attached hydrogen (secondary N) is 1. The molecule has 0 aliphatic heterocycles. The molecule has 1 aliphatic carbocycles. The Labute approximate surface area is 119 Å². The molecule has 0 saturated heterocycles. The van der Waals surface area contributed by atoms with E-state index in [1.165, 1.54) is 0 Å². The van der Waals surface area contributed by atoms with Gasteiger partial charge in [-0.05, 0) is 46.0 Å². The van der Waals surface area contributed by atoms with Gasteiger partial charge in [0.2, 0.25) is 0 Å². The van der Waals surface area contributed by atoms with E-state index in [0.29, 0.717) is 25.4 Å². The third-order valence-electron chi connectivity index (χ3n) is 4.01. The molecular weight excluding hydrogens is 256 g/mol. The van der Waals surface area contributed by atoms with Crippen molar-refractivity contribution in [2.24, 2.45) is 0 Å². The molecule has 0 bridgehead atoms. The first-order valence-corrected chi connectivity index (χ1v) is 7.36. The number of carboxylic acid groups (broad SMARTS) is 1. The standard InChI is InChI=1S/C14H24N4O2/c1-4-14(13(19)20,16-12-6-7-12)8-5-9-18-11(3)15-10(2)17-18/h12,16H,4-9H2,1-3H3,(H,19,20). The number of aromatic nitrogens is 3. The lowest BCUT2D eigenvalue weighted by Gasteiger charge is -2.29. The second kappa shape index (κ2) is 5.91. The molecule has 0 spiro atoms. The largest absolute Gasteiger partial charge is 0.480 e. The fourth-order valence-electron chi connectivity index (χ4n) is 2.59. The molecule has 20 heavy (non-hydrogen) atoms. The van der Waals surface area contributed by atoms with E-state index in [1.807, 2.05) is 25.5 Å². The van der Waals surface area contributed by atoms with Gasteiger partial charge in [0, 0.05) is 12.6 Å². The molecule has 2 rings (SSSR count). The predicted octanol–water partition coefficient (Wildman–Crippen LogP) is 1.66. The number of hydrogen-bond donors (Lipinski definition) is 2. The fourth-order valence-corrected chi connectivity index (χ4v) is 2.59. The van der Waals surface area contributed by atoms with Crippen LogP contribution in [-0.2, 0) is 11.3 Å². The van der Waals surface area contributed by atoms with Crippen LogP contribution in [-0.4, -0.2) is 37.4 Å². The Hall–Kier alpha value is -1.43. The molecule has 0 amide bonds. The number of hydrogen-bond acceptors (Lipinski definition) is 4. The molecule has 1 fully saturated rings. The highest BCUT2D eigenvalue weighted by atomic mass is 16.4. The smallest absolute Gasteiger partial charge is 0.323 e. The van der Waals surface area contributed by atoms with Crippen molar-refractivity contribution in [2.45, 2.75) is 71.0 Å². The van der Waals surface area contributed by atoms with Crippen LogP contribution in [0.25, 0.3) is 0 Å². The summed E-state index contributed by atoms with van der Waals surface area (Å²) in [5, 5.41) is 17.2. The average Bonchev–Trinajstić information content (AvgIpc) is 3.13. The maximum Gasteiger partial charge on any atom is 0.323 e. The first kappa shape index (κ1) is 15.0. The Morgan fingerprint density at radius 3 is 2.65 bits per heavy atom. The molecule has 112 valence electrons. The molecule has 2 N–H and O–H groups in total. The van der Waals surface area contributed by atoms with E-state index in [9.17, 15) is 9.90 Å². The van der Waals surface area contributed by atoms with Crippen LogP contribution in [0.5, 0.6) is 0 Å². The molecule has 1 saturated carbocycles. The Morgan fingerprint density at radius 1 is 1.50 bits per heavy atom. The molecule has 6 heteroatoms. The topological polar surface area (TPSA) is 80.0 Å². The van der Waals surface area contributed by atoms with Crippen LogP contribution < -0.4 is 5.32 Å². The maximum atomic E-state index is 11.6. The van der Waals surface area contributed by atoms with Gasteiger partial charge in [-0.15, -0.1) is 0 Å². The van der Waals surface area contributed by atoms with Crippen molar-refractivity contribution in [3.63, 3.8) is 0 Å². The van der Waals surface area contributed by atoms with Crippen molar-refractivity contribution in [3.8, 4) is 0 Å². The highest BCUT2D eigenvalue weighted by Crippen LogP contribution is 2.27. The third-order valence-corrected chi connectivity index (χ3v) is 4.01. The number of carboxylic acids is 1. The van der Waals surface area contributed by atoms with Crippen LogP contribution >= 0.6 is 0 Å². The van der Waals surface area contributed by atoms with Gasteiger partial charge in [0.25, 0.3) is 0 Å². The van der Waals surface area contributed by atoms with Gasteiger partial charge in [0.1, 0.15) is 17.2 Å². The second-order valence-electron chi connectivity index (χ2n) is 5.69. The molecule has 1 aliphatic rings. The van der Waals surface area contributed by atoms with Crippen molar-refractivity contribution < 1.29 is 9.90 Å². The van der Waals surface area contributed by atoms with Gasteiger partial charge < -0.3 is 5.11 Å². The zero-order chi connectivity index (χ0) is 14.8. The summed E-state index contributed by atoms with van der Waals surface area (Å²) in [6, 6.07) is 0.390. The van der Waals surface area contributed by atoms with Gasteiger partial charge in [-0.25, -0.2) is 4.98 Å². The van der Waals surface area contributed by atoms with Crippen molar-refractivity contribution in [2.75, 3.05) is 0 Å². The summed E-state index contributed by atoms with van der Waals surface area (Å²) in [6.07, 6.45) is 4.19. The molecule has 6 nitrogen and oxygen atoms in total. The van der Waals surface area contributed by atoms with Crippen LogP contribution in [0.1, 0.15) is 50.7 Å². The maximum absolute atomic E-state index is 11.6. The first-order chi connectivity index (χ1) is 9.47. The summed E-state index contributed by atoms with van der Waals surface area (Å²) in [6.45, 7) is 6.45. The lowest BCUT2D eigenvalue weighted by molar-refractivity contribution is -0.145. The van der Waals surface area contributed by atoms with E-state index in [4.69, 9.17) is 0 Å². The van der Waals surface area contributed by atoms with E-state index in [0.717, 1.165) is 30.9 Å². The normalized spacial score (nSPS) is 17.9. The Bertz CT molecular complexity index is 482. The van der Waals surface area contributed by atoms with Gasteiger partial charge in [-0.1, -0.05) is 6.92 Å². The van der Waals surface area contributed by atoms with Crippen molar-refractivity contribution in [3.05, 3.63) is 11.6 Å². The summed E-state index contributed by atoms with van der Waals surface area (Å²) in [7, 11) is 0. The van der Waals surface area contributed by atoms with Gasteiger partial charge in [-0.3, -0.25) is 14.8 Å². The summed E-state index contributed by atoms with van der Waals surface area (Å²) in [5.41, 5.74) is -0.787. The van der Waals surface area contributed by atoms with Crippen LogP contribution in [0.15, 0.2) is 0 Å². The summed E-state index contributed by atoms with van der Waals surface area (Å²) < 4.78 is 1.86. The average molecular weight is 280 g/mol. The Balaban J connectivity index is 1.94. The van der Waals surface area contributed by atoms with Crippen LogP contribution in [0.2, 0.25) is 0 Å². The minimum absolute atomic E-state index is 0.390. The zero-order valence-electron chi connectivity index (χ0n) is 12.5. The van der Waals surface area contributed by atoms with E-state index in [1.54, 1.807) is 0 Å². The monoisotopic (exact) mass is 280 g/mol. The highest BCUT2D eigenvalue weighted by molar-refractivity contribution is 5.78. The van der Waals surface area contributed by atoms with Crippen LogP contribution in [0, 0.1) is 13.8 Å². The molecule has 1 aromatic heterocycles. The molecule has 0 aromatic carbocycles. The Morgan fingerprint density at radius 2 is 2.20 bits per heavy atom. The molecule has 1 heterocycles. The number of aliphatic carboxylic acids is 1. The van der Waals surface area contributed by atoms with Crippen LogP contribution in [0.3, 0.4) is 0 Å². The van der Waals surface area contributed by atoms with Gasteiger partial charge >= 0.3 is 5.97 Å². The summed E-state index contributed by atoms with van der Waals surface area (Å²) in [4.78, 5) is 15.9. The fraction of sp³-hybridized carbons (Fsp3) is 0.786. The number of carbonyl (C=O) groups is 1. The number of nitrogens with zero attached hydrogens (tertiary/aromatic N) is 3. The summed E-state index contributed by atoms with van der Waals surface area (Å²) >= 11 is 0. The van der Waals surface area contributed by atoms with E-state index in [-0.39, 0.29) is 0 Å². The van der Waals surface area contributed by atoms with Crippen molar-refractivity contribution >= 4 is 5.97 Å². The molecule has 0 radical (unpaired) electrons. The molecule has 1 aromatic rings. The van der Waals surface area contributed by atoms with E-state index in [2.05, 4.69) is 15.4 Å². The van der Waals surface area contributed by atoms with Crippen molar-refractivity contribution in [1.29, 1.82) is 0 Å². The summed E-state index contributed by atoms with van der Waals surface area (Å²) in [5.74, 6) is 0.909. The van der Waals surface area contributed by atoms with E-state index < -0.39 is 11.5 Å². The number of aryl methyl sites for hydroxylation is 3. The lowest BCUT2D eigenvalue weighted by Crippen LogP contribution is -2.52. The van der Waals surface area contributed by atoms with Crippen molar-refractivity contribution in [1.82, 2.24) is 20.1 Å². The quantitative estimate of drug-likeness (QED) is 0.757. The lowest BCUT2D eigenvalue weighted by atomic mass is 9.90. The minimum Gasteiger partial charge on any atom is -0.480 e. The molecular formula is C14H24N4O2. The van der Waals surface area contributed by atoms with Gasteiger partial charge in [-0.2, -0.15) is 5.10 Å². The highest BCUT2D eigenvalue weighted by Gasteiger charge is 2.40. The molecule has 1 unspecified atom stereocenters. The van der Waals surface area contributed by atoms with Gasteiger partial charge in [0.05, 0.1) is 0 Å². The third kappa shape index (κ3) is 3.36. The molecule has 1 atom stereocenters. The number of rotatable bonds is 8. The Kier molecular flexibility index (Phi) is 4.42.